The molecule has 0 bridgehead atoms. The zero-order valence-corrected chi connectivity index (χ0v) is 13.8. The van der Waals surface area contributed by atoms with Crippen LogP contribution in [0.2, 0.25) is 10.0 Å². The van der Waals surface area contributed by atoms with Crippen LogP contribution in [-0.4, -0.2) is 11.7 Å². The molecule has 0 aliphatic rings. The topological polar surface area (TPSA) is 29.5 Å². The summed E-state index contributed by atoms with van der Waals surface area (Å²) >= 11 is 15.4. The fourth-order valence-corrected chi connectivity index (χ4v) is 3.02. The van der Waals surface area contributed by atoms with Crippen LogP contribution in [0, 0.1) is 0 Å². The van der Waals surface area contributed by atoms with Gasteiger partial charge < -0.3 is 9.84 Å². The molecular weight excluding hydrogens is 363 g/mol. The minimum absolute atomic E-state index is 0.494. The number of aliphatic hydroxyl groups excluding tert-OH is 1. The van der Waals surface area contributed by atoms with Crippen LogP contribution in [0.25, 0.3) is 0 Å². The van der Waals surface area contributed by atoms with Crippen LogP contribution in [-0.2, 0) is 0 Å². The first-order valence-corrected chi connectivity index (χ1v) is 7.62. The van der Waals surface area contributed by atoms with E-state index in [2.05, 4.69) is 15.9 Å². The van der Waals surface area contributed by atoms with E-state index in [0.717, 1.165) is 15.8 Å². The molecule has 0 radical (unpaired) electrons. The summed E-state index contributed by atoms with van der Waals surface area (Å²) in [6, 6.07) is 10.5. The zero-order valence-electron chi connectivity index (χ0n) is 10.7. The van der Waals surface area contributed by atoms with Crippen LogP contribution >= 0.6 is 39.1 Å². The highest BCUT2D eigenvalue weighted by Gasteiger charge is 2.15. The van der Waals surface area contributed by atoms with Crippen molar-refractivity contribution in [2.75, 3.05) is 6.61 Å². The van der Waals surface area contributed by atoms with Crippen molar-refractivity contribution in [2.24, 2.45) is 0 Å². The highest BCUT2D eigenvalue weighted by atomic mass is 79.9. The molecule has 0 aromatic heterocycles. The smallest absolute Gasteiger partial charge is 0.120 e. The van der Waals surface area contributed by atoms with E-state index in [1.54, 1.807) is 18.2 Å². The van der Waals surface area contributed by atoms with Gasteiger partial charge in [-0.05, 0) is 48.4 Å². The molecule has 1 atom stereocenters. The van der Waals surface area contributed by atoms with Crippen molar-refractivity contribution in [3.8, 4) is 5.75 Å². The maximum atomic E-state index is 10.5. The van der Waals surface area contributed by atoms with Gasteiger partial charge >= 0.3 is 0 Å². The minimum Gasteiger partial charge on any atom is -0.494 e. The monoisotopic (exact) mass is 374 g/mol. The van der Waals surface area contributed by atoms with Crippen LogP contribution in [0.4, 0.5) is 0 Å². The molecule has 20 heavy (non-hydrogen) atoms. The van der Waals surface area contributed by atoms with E-state index >= 15 is 0 Å². The van der Waals surface area contributed by atoms with Crippen molar-refractivity contribution >= 4 is 39.1 Å². The molecule has 2 aromatic carbocycles. The molecule has 0 amide bonds. The van der Waals surface area contributed by atoms with Gasteiger partial charge in [0, 0.05) is 14.5 Å². The van der Waals surface area contributed by atoms with Gasteiger partial charge in [-0.2, -0.15) is 0 Å². The van der Waals surface area contributed by atoms with Crippen molar-refractivity contribution < 1.29 is 9.84 Å². The summed E-state index contributed by atoms with van der Waals surface area (Å²) in [5, 5.41) is 11.4. The van der Waals surface area contributed by atoms with E-state index in [0.29, 0.717) is 22.2 Å². The quantitative estimate of drug-likeness (QED) is 0.792. The SMILES string of the molecule is CCOc1ccc(C(O)c2cc(Cl)cc(Cl)c2)c(Br)c1. The van der Waals surface area contributed by atoms with Crippen LogP contribution in [0.3, 0.4) is 0 Å². The third kappa shape index (κ3) is 3.67. The molecule has 0 saturated heterocycles. The summed E-state index contributed by atoms with van der Waals surface area (Å²) in [5.41, 5.74) is 1.37. The standard InChI is InChI=1S/C15H13BrCl2O2/c1-2-20-12-3-4-13(14(16)8-12)15(19)9-5-10(17)7-11(18)6-9/h3-8,15,19H,2H2,1H3. The number of halogens is 3. The molecule has 0 heterocycles. The molecule has 0 spiro atoms. The predicted molar refractivity (Wildman–Crippen MR) is 85.8 cm³/mol. The Morgan fingerprint density at radius 2 is 1.80 bits per heavy atom. The second-order valence-corrected chi connectivity index (χ2v) is 5.95. The third-order valence-electron chi connectivity index (χ3n) is 2.78. The van der Waals surface area contributed by atoms with Gasteiger partial charge in [0.25, 0.3) is 0 Å². The second kappa shape index (κ2) is 6.81. The summed E-state index contributed by atoms with van der Waals surface area (Å²) in [7, 11) is 0. The first kappa shape index (κ1) is 15.6. The van der Waals surface area contributed by atoms with Crippen molar-refractivity contribution in [2.45, 2.75) is 13.0 Å². The van der Waals surface area contributed by atoms with Crippen LogP contribution < -0.4 is 4.74 Å². The third-order valence-corrected chi connectivity index (χ3v) is 3.90. The van der Waals surface area contributed by atoms with Gasteiger partial charge in [-0.1, -0.05) is 45.2 Å². The molecule has 2 rings (SSSR count). The van der Waals surface area contributed by atoms with Crippen molar-refractivity contribution in [1.82, 2.24) is 0 Å². The molecule has 106 valence electrons. The van der Waals surface area contributed by atoms with E-state index in [-0.39, 0.29) is 0 Å². The van der Waals surface area contributed by atoms with E-state index in [1.807, 2.05) is 25.1 Å². The molecule has 0 aliphatic heterocycles. The lowest BCUT2D eigenvalue weighted by atomic mass is 10.0. The van der Waals surface area contributed by atoms with Crippen molar-refractivity contribution in [3.05, 3.63) is 62.0 Å². The maximum Gasteiger partial charge on any atom is 0.120 e. The summed E-state index contributed by atoms with van der Waals surface area (Å²) in [6.45, 7) is 2.52. The Morgan fingerprint density at radius 1 is 1.15 bits per heavy atom. The Bertz CT molecular complexity index is 597. The summed E-state index contributed by atoms with van der Waals surface area (Å²) in [6.07, 6.45) is -0.809. The zero-order chi connectivity index (χ0) is 14.7. The van der Waals surface area contributed by atoms with E-state index in [9.17, 15) is 5.11 Å². The number of aliphatic hydroxyl groups is 1. The average Bonchev–Trinajstić information content (AvgIpc) is 2.37. The molecule has 0 aliphatic carbocycles. The van der Waals surface area contributed by atoms with Crippen LogP contribution in [0.15, 0.2) is 40.9 Å². The van der Waals surface area contributed by atoms with Crippen LogP contribution in [0.1, 0.15) is 24.2 Å². The Balaban J connectivity index is 2.35. The first-order chi connectivity index (χ1) is 9.51. The number of hydrogen-bond acceptors (Lipinski definition) is 2. The fraction of sp³-hybridized carbons (Fsp3) is 0.200. The number of ether oxygens (including phenoxy) is 1. The lowest BCUT2D eigenvalue weighted by Crippen LogP contribution is -2.01. The van der Waals surface area contributed by atoms with E-state index < -0.39 is 6.10 Å². The van der Waals surface area contributed by atoms with Gasteiger partial charge in [0.15, 0.2) is 0 Å². The second-order valence-electron chi connectivity index (χ2n) is 4.22. The van der Waals surface area contributed by atoms with Crippen molar-refractivity contribution in [3.63, 3.8) is 0 Å². The van der Waals surface area contributed by atoms with Gasteiger partial charge in [-0.3, -0.25) is 0 Å². The number of benzene rings is 2. The molecule has 1 N–H and O–H groups in total. The van der Waals surface area contributed by atoms with Gasteiger partial charge in [0.2, 0.25) is 0 Å². The number of hydrogen-bond donors (Lipinski definition) is 1. The van der Waals surface area contributed by atoms with E-state index in [4.69, 9.17) is 27.9 Å². The van der Waals surface area contributed by atoms with Crippen molar-refractivity contribution in [1.29, 1.82) is 0 Å². The lowest BCUT2D eigenvalue weighted by molar-refractivity contribution is 0.219. The highest BCUT2D eigenvalue weighted by Crippen LogP contribution is 2.33. The molecule has 0 fully saturated rings. The predicted octanol–water partition coefficient (Wildman–Crippen LogP) is 5.24. The summed E-state index contributed by atoms with van der Waals surface area (Å²) in [5.74, 6) is 0.749. The fourth-order valence-electron chi connectivity index (χ4n) is 1.90. The highest BCUT2D eigenvalue weighted by molar-refractivity contribution is 9.10. The van der Waals surface area contributed by atoms with Gasteiger partial charge in [0.1, 0.15) is 11.9 Å². The molecular formula is C15H13BrCl2O2. The van der Waals surface area contributed by atoms with Gasteiger partial charge in [-0.25, -0.2) is 0 Å². The maximum absolute atomic E-state index is 10.5. The normalized spacial score (nSPS) is 12.2. The minimum atomic E-state index is -0.809. The molecule has 2 nitrogen and oxygen atoms in total. The molecule has 5 heteroatoms. The first-order valence-electron chi connectivity index (χ1n) is 6.07. The Hall–Kier alpha value is -0.740. The summed E-state index contributed by atoms with van der Waals surface area (Å²) in [4.78, 5) is 0. The van der Waals surface area contributed by atoms with E-state index in [1.165, 1.54) is 0 Å². The summed E-state index contributed by atoms with van der Waals surface area (Å²) < 4.78 is 6.18. The Kier molecular flexibility index (Phi) is 5.33. The molecule has 2 aromatic rings. The Morgan fingerprint density at radius 3 is 2.35 bits per heavy atom. The largest absolute Gasteiger partial charge is 0.494 e. The lowest BCUT2D eigenvalue weighted by Gasteiger charge is -2.15. The molecule has 0 saturated carbocycles. The van der Waals surface area contributed by atoms with Crippen LogP contribution in [0.5, 0.6) is 5.75 Å². The van der Waals surface area contributed by atoms with Gasteiger partial charge in [-0.15, -0.1) is 0 Å². The number of rotatable bonds is 4. The Labute approximate surface area is 136 Å². The molecule has 1 unspecified atom stereocenters. The average molecular weight is 376 g/mol. The van der Waals surface area contributed by atoms with Gasteiger partial charge in [0.05, 0.1) is 6.61 Å².